The highest BCUT2D eigenvalue weighted by Gasteiger charge is 2.49. The predicted octanol–water partition coefficient (Wildman–Crippen LogP) is 3.26. The van der Waals surface area contributed by atoms with Gasteiger partial charge in [0.1, 0.15) is 0 Å². The molecular weight excluding hydrogens is 256 g/mol. The van der Waals surface area contributed by atoms with Crippen molar-refractivity contribution in [2.45, 2.75) is 39.0 Å². The molecule has 4 rings (SSSR count). The van der Waals surface area contributed by atoms with Gasteiger partial charge in [-0.2, -0.15) is 0 Å². The van der Waals surface area contributed by atoms with Gasteiger partial charge >= 0.3 is 0 Å². The molecule has 0 amide bonds. The van der Waals surface area contributed by atoms with E-state index in [4.69, 9.17) is 10.7 Å². The van der Waals surface area contributed by atoms with Crippen LogP contribution in [0.5, 0.6) is 0 Å². The highest BCUT2D eigenvalue weighted by Crippen LogP contribution is 2.58. The molecule has 4 aliphatic carbocycles. The maximum atomic E-state index is 11.2. The number of hydrogen-bond acceptors (Lipinski definition) is 2. The Morgan fingerprint density at radius 2 is 1.53 bits per heavy atom. The van der Waals surface area contributed by atoms with Gasteiger partial charge in [0.2, 0.25) is 9.05 Å². The van der Waals surface area contributed by atoms with Gasteiger partial charge < -0.3 is 0 Å². The van der Waals surface area contributed by atoms with Gasteiger partial charge in [-0.05, 0) is 67.6 Å². The van der Waals surface area contributed by atoms with Crippen LogP contribution in [-0.4, -0.2) is 14.2 Å². The minimum absolute atomic E-state index is 0.168. The molecule has 0 saturated heterocycles. The summed E-state index contributed by atoms with van der Waals surface area (Å²) < 4.78 is 22.5. The Morgan fingerprint density at radius 1 is 1.06 bits per heavy atom. The van der Waals surface area contributed by atoms with Crippen molar-refractivity contribution in [3.63, 3.8) is 0 Å². The lowest BCUT2D eigenvalue weighted by Crippen LogP contribution is -2.48. The van der Waals surface area contributed by atoms with E-state index >= 15 is 0 Å². The molecule has 17 heavy (non-hydrogen) atoms. The third-order valence-electron chi connectivity index (χ3n) is 5.42. The molecule has 4 heteroatoms. The highest BCUT2D eigenvalue weighted by atomic mass is 35.7. The molecule has 0 aromatic heterocycles. The lowest BCUT2D eigenvalue weighted by Gasteiger charge is -2.56. The summed E-state index contributed by atoms with van der Waals surface area (Å²) >= 11 is 0. The monoisotopic (exact) mass is 276 g/mol. The maximum Gasteiger partial charge on any atom is 0.232 e. The topological polar surface area (TPSA) is 34.1 Å². The van der Waals surface area contributed by atoms with E-state index in [1.54, 1.807) is 0 Å². The van der Waals surface area contributed by atoms with Crippen LogP contribution >= 0.6 is 10.7 Å². The van der Waals surface area contributed by atoms with Crippen LogP contribution in [0.3, 0.4) is 0 Å². The largest absolute Gasteiger partial charge is 0.232 e. The second kappa shape index (κ2) is 4.12. The van der Waals surface area contributed by atoms with Gasteiger partial charge in [0.25, 0.3) is 0 Å². The fraction of sp³-hybridized carbons (Fsp3) is 1.00. The van der Waals surface area contributed by atoms with Gasteiger partial charge in [-0.3, -0.25) is 0 Å². The second-order valence-corrected chi connectivity index (χ2v) is 9.51. The molecule has 4 aliphatic rings. The van der Waals surface area contributed by atoms with Gasteiger partial charge in [-0.15, -0.1) is 0 Å². The van der Waals surface area contributed by atoms with Crippen molar-refractivity contribution in [2.75, 3.05) is 5.75 Å². The summed E-state index contributed by atoms with van der Waals surface area (Å²) in [6.45, 7) is 2.09. The van der Waals surface area contributed by atoms with E-state index in [1.165, 1.54) is 32.1 Å². The Morgan fingerprint density at radius 3 is 1.94 bits per heavy atom. The van der Waals surface area contributed by atoms with E-state index in [0.717, 1.165) is 23.7 Å². The molecular formula is C13H21ClO2S. The molecule has 4 saturated carbocycles. The van der Waals surface area contributed by atoms with E-state index in [9.17, 15) is 8.42 Å². The molecule has 0 N–H and O–H groups in total. The average Bonchev–Trinajstić information content (AvgIpc) is 2.11. The average molecular weight is 277 g/mol. The van der Waals surface area contributed by atoms with Crippen LogP contribution in [0.2, 0.25) is 0 Å². The Bertz CT molecular complexity index is 376. The molecule has 0 radical (unpaired) electrons. The van der Waals surface area contributed by atoms with Crippen LogP contribution in [0.4, 0.5) is 0 Å². The molecule has 98 valence electrons. The van der Waals surface area contributed by atoms with Crippen molar-refractivity contribution in [1.29, 1.82) is 0 Å². The first-order valence-corrected chi connectivity index (χ1v) is 9.32. The van der Waals surface area contributed by atoms with Crippen molar-refractivity contribution in [3.8, 4) is 0 Å². The fourth-order valence-electron chi connectivity index (χ4n) is 5.32. The van der Waals surface area contributed by atoms with Crippen LogP contribution in [0.25, 0.3) is 0 Å². The number of hydrogen-bond donors (Lipinski definition) is 0. The quantitative estimate of drug-likeness (QED) is 0.742. The Balaban J connectivity index is 1.75. The van der Waals surface area contributed by atoms with Crippen molar-refractivity contribution >= 4 is 19.7 Å². The number of halogens is 1. The molecule has 0 aromatic rings. The minimum Gasteiger partial charge on any atom is -0.212 e. The number of rotatable bonds is 3. The van der Waals surface area contributed by atoms with E-state index in [2.05, 4.69) is 6.92 Å². The Labute approximate surface area is 109 Å². The molecule has 0 spiro atoms. The minimum atomic E-state index is -3.33. The standard InChI is InChI=1S/C13H21ClO2S/c1-8(7-17(14,15)16)13-11-3-9-2-10(5-11)6-12(13)4-9/h8-13H,2-7H2,1H3. The Hall–Kier alpha value is 0.240. The van der Waals surface area contributed by atoms with Crippen molar-refractivity contribution in [1.82, 2.24) is 0 Å². The van der Waals surface area contributed by atoms with Gasteiger partial charge in [0.15, 0.2) is 0 Å². The summed E-state index contributed by atoms with van der Waals surface area (Å²) in [4.78, 5) is 0. The summed E-state index contributed by atoms with van der Waals surface area (Å²) in [6, 6.07) is 0. The smallest absolute Gasteiger partial charge is 0.212 e. The normalized spacial score (nSPS) is 46.1. The lowest BCUT2D eigenvalue weighted by atomic mass is 9.50. The van der Waals surface area contributed by atoms with E-state index in [0.29, 0.717) is 5.92 Å². The van der Waals surface area contributed by atoms with Crippen molar-refractivity contribution in [3.05, 3.63) is 0 Å². The molecule has 0 aromatic carbocycles. The molecule has 2 nitrogen and oxygen atoms in total. The maximum absolute atomic E-state index is 11.2. The summed E-state index contributed by atoms with van der Waals surface area (Å²) in [6.07, 6.45) is 6.85. The third-order valence-corrected chi connectivity index (χ3v) is 6.72. The summed E-state index contributed by atoms with van der Waals surface area (Å²) in [5, 5.41) is 0. The third kappa shape index (κ3) is 2.37. The molecule has 4 fully saturated rings. The zero-order chi connectivity index (χ0) is 12.2. The van der Waals surface area contributed by atoms with Crippen LogP contribution in [0.15, 0.2) is 0 Å². The molecule has 1 atom stereocenters. The lowest BCUT2D eigenvalue weighted by molar-refractivity contribution is -0.0546. The summed E-state index contributed by atoms with van der Waals surface area (Å²) in [5.74, 6) is 4.52. The van der Waals surface area contributed by atoms with Crippen LogP contribution in [0.1, 0.15) is 39.0 Å². The first kappa shape index (κ1) is 12.3. The van der Waals surface area contributed by atoms with Gasteiger partial charge in [-0.25, -0.2) is 8.42 Å². The zero-order valence-corrected chi connectivity index (χ0v) is 11.9. The molecule has 0 aliphatic heterocycles. The molecule has 0 heterocycles. The zero-order valence-electron chi connectivity index (χ0n) is 10.3. The van der Waals surface area contributed by atoms with Crippen LogP contribution in [-0.2, 0) is 9.05 Å². The first-order chi connectivity index (χ1) is 7.92. The van der Waals surface area contributed by atoms with Gasteiger partial charge in [0.05, 0.1) is 5.75 Å². The van der Waals surface area contributed by atoms with E-state index in [-0.39, 0.29) is 11.7 Å². The Kier molecular flexibility index (Phi) is 2.98. The van der Waals surface area contributed by atoms with Gasteiger partial charge in [0, 0.05) is 10.7 Å². The molecule has 1 unspecified atom stereocenters. The van der Waals surface area contributed by atoms with Crippen LogP contribution < -0.4 is 0 Å². The fourth-order valence-corrected chi connectivity index (χ4v) is 6.77. The highest BCUT2D eigenvalue weighted by molar-refractivity contribution is 8.13. The van der Waals surface area contributed by atoms with Gasteiger partial charge in [-0.1, -0.05) is 6.92 Å². The van der Waals surface area contributed by atoms with Crippen molar-refractivity contribution < 1.29 is 8.42 Å². The SMILES string of the molecule is CC(CS(=O)(=O)Cl)C1C2CC3CC(C2)CC1C3. The summed E-state index contributed by atoms with van der Waals surface area (Å²) in [5.41, 5.74) is 0. The second-order valence-electron chi connectivity index (χ2n) is 6.69. The molecule has 4 bridgehead atoms. The summed E-state index contributed by atoms with van der Waals surface area (Å²) in [7, 11) is 2.08. The van der Waals surface area contributed by atoms with Crippen molar-refractivity contribution in [2.24, 2.45) is 35.5 Å². The van der Waals surface area contributed by atoms with E-state index < -0.39 is 9.05 Å². The van der Waals surface area contributed by atoms with E-state index in [1.807, 2.05) is 0 Å². The predicted molar refractivity (Wildman–Crippen MR) is 69.3 cm³/mol. The van der Waals surface area contributed by atoms with Crippen LogP contribution in [0, 0.1) is 35.5 Å². The first-order valence-electron chi connectivity index (χ1n) is 6.84.